The Morgan fingerprint density at radius 2 is 1.55 bits per heavy atom. The Labute approximate surface area is 308 Å². The molecule has 274 valence electrons. The van der Waals surface area contributed by atoms with Gasteiger partial charge in [0.05, 0.1) is 32.2 Å². The van der Waals surface area contributed by atoms with Gasteiger partial charge in [-0.05, 0) is 53.1 Å². The molecule has 16 heteroatoms. The van der Waals surface area contributed by atoms with E-state index in [0.29, 0.717) is 11.5 Å². The normalized spacial score (nSPS) is 18.5. The highest BCUT2D eigenvalue weighted by Crippen LogP contribution is 2.50. The monoisotopic (exact) mass is 759 g/mol. The number of nitrogens with one attached hydrogen (secondary N) is 1. The molecule has 14 nitrogen and oxygen atoms in total. The molecule has 3 heterocycles. The number of phosphoric acid groups is 1. The molecular weight excluding hydrogens is 725 g/mol. The molecule has 1 aliphatic heterocycles. The lowest BCUT2D eigenvalue weighted by molar-refractivity contribution is -0.0919. The SMILES string of the molecule is COc1ccc(C(OC[C@H]2O[C@@H](n3cnc4c(=O)[nH]c(N)nc43)C[C@@H]2OP(=O)(O)Oc2ccccc2Cl)(c2ccccc2)c2ccc(OC)cc2)cc1. The van der Waals surface area contributed by atoms with Crippen molar-refractivity contribution in [2.45, 2.75) is 30.5 Å². The summed E-state index contributed by atoms with van der Waals surface area (Å²) in [6.07, 6.45) is -1.55. The van der Waals surface area contributed by atoms with E-state index in [-0.39, 0.29) is 40.9 Å². The van der Waals surface area contributed by atoms with Crippen molar-refractivity contribution in [3.63, 3.8) is 0 Å². The van der Waals surface area contributed by atoms with Crippen molar-refractivity contribution >= 4 is 36.5 Å². The van der Waals surface area contributed by atoms with Gasteiger partial charge in [0.25, 0.3) is 5.56 Å². The predicted octanol–water partition coefficient (Wildman–Crippen LogP) is 6.23. The fourth-order valence-electron chi connectivity index (χ4n) is 6.40. The number of rotatable bonds is 13. The number of imidazole rings is 1. The third-order valence-corrected chi connectivity index (χ3v) is 10.2. The van der Waals surface area contributed by atoms with Crippen molar-refractivity contribution in [2.75, 3.05) is 26.6 Å². The van der Waals surface area contributed by atoms with Gasteiger partial charge in [-0.3, -0.25) is 23.8 Å². The number of nitrogens with zero attached hydrogens (tertiary/aromatic N) is 3. The van der Waals surface area contributed by atoms with E-state index in [1.165, 1.54) is 23.0 Å². The molecular formula is C37H35ClN5O9P. The van der Waals surface area contributed by atoms with Gasteiger partial charge in [0, 0.05) is 6.42 Å². The predicted molar refractivity (Wildman–Crippen MR) is 196 cm³/mol. The van der Waals surface area contributed by atoms with Gasteiger partial charge in [-0.25, -0.2) is 9.55 Å². The molecule has 4 N–H and O–H groups in total. The van der Waals surface area contributed by atoms with Gasteiger partial charge in [0.2, 0.25) is 5.95 Å². The number of halogens is 1. The second-order valence-electron chi connectivity index (χ2n) is 12.1. The number of para-hydroxylation sites is 1. The maximum atomic E-state index is 13.6. The maximum absolute atomic E-state index is 13.6. The Morgan fingerprint density at radius 3 is 2.17 bits per heavy atom. The van der Waals surface area contributed by atoms with Crippen molar-refractivity contribution in [3.05, 3.63) is 142 Å². The Morgan fingerprint density at radius 1 is 0.943 bits per heavy atom. The van der Waals surface area contributed by atoms with Crippen LogP contribution in [0.2, 0.25) is 5.02 Å². The molecule has 7 rings (SSSR count). The number of fused-ring (bicyclic) bond motifs is 1. The summed E-state index contributed by atoms with van der Waals surface area (Å²) in [6.45, 7) is -0.164. The first kappa shape index (κ1) is 36.2. The summed E-state index contributed by atoms with van der Waals surface area (Å²) in [5.41, 5.74) is 6.60. The molecule has 0 spiro atoms. The third kappa shape index (κ3) is 7.38. The highest BCUT2D eigenvalue weighted by Gasteiger charge is 2.46. The number of nitrogen functional groups attached to an aromatic ring is 1. The van der Waals surface area contributed by atoms with Crippen LogP contribution >= 0.6 is 19.4 Å². The van der Waals surface area contributed by atoms with Crippen LogP contribution in [-0.4, -0.2) is 57.4 Å². The van der Waals surface area contributed by atoms with Gasteiger partial charge in [-0.2, -0.15) is 4.98 Å². The number of benzene rings is 4. The number of aromatic amines is 1. The molecule has 1 aliphatic rings. The minimum atomic E-state index is -4.82. The fraction of sp³-hybridized carbons (Fsp3) is 0.216. The number of nitrogens with two attached hydrogens (primary N) is 1. The lowest BCUT2D eigenvalue weighted by Crippen LogP contribution is -2.38. The highest BCUT2D eigenvalue weighted by molar-refractivity contribution is 7.47. The molecule has 53 heavy (non-hydrogen) atoms. The lowest BCUT2D eigenvalue weighted by atomic mass is 9.80. The summed E-state index contributed by atoms with van der Waals surface area (Å²) in [6, 6.07) is 30.9. The van der Waals surface area contributed by atoms with E-state index in [4.69, 9.17) is 45.3 Å². The number of hydrogen-bond donors (Lipinski definition) is 3. The van der Waals surface area contributed by atoms with E-state index in [9.17, 15) is 14.3 Å². The Balaban J connectivity index is 1.29. The van der Waals surface area contributed by atoms with Crippen molar-refractivity contribution < 1.29 is 37.5 Å². The first-order chi connectivity index (χ1) is 25.6. The standard InChI is InChI=1S/C37H35ClN5O9P/c1-47-26-16-12-24(13-17-26)37(23-8-4-3-5-9-23,25-14-18-27(48-2)19-15-25)49-21-31-30(52-53(45,46)51-29-11-7-6-10-28(29)38)20-32(50-31)43-22-40-33-34(43)41-36(39)42-35(33)44/h3-19,22,30-32H,20-21H2,1-2H3,(H,45,46)(H3,39,41,42,44)/t30-,31+,32+/m0/s1. The zero-order valence-electron chi connectivity index (χ0n) is 28.5. The number of methoxy groups -OCH3 is 2. The molecule has 0 radical (unpaired) electrons. The van der Waals surface area contributed by atoms with E-state index < -0.39 is 37.4 Å². The third-order valence-electron chi connectivity index (χ3n) is 8.90. The number of phosphoric ester groups is 1. The van der Waals surface area contributed by atoms with Crippen LogP contribution in [0.3, 0.4) is 0 Å². The molecule has 1 saturated heterocycles. The van der Waals surface area contributed by atoms with Crippen LogP contribution in [0.4, 0.5) is 5.95 Å². The van der Waals surface area contributed by atoms with Crippen LogP contribution in [0, 0.1) is 0 Å². The minimum Gasteiger partial charge on any atom is -0.497 e. The van der Waals surface area contributed by atoms with Crippen LogP contribution in [0.5, 0.6) is 17.2 Å². The average Bonchev–Trinajstić information content (AvgIpc) is 3.77. The van der Waals surface area contributed by atoms with Crippen molar-refractivity contribution in [1.82, 2.24) is 19.5 Å². The van der Waals surface area contributed by atoms with Crippen LogP contribution < -0.4 is 25.3 Å². The molecule has 0 saturated carbocycles. The first-order valence-electron chi connectivity index (χ1n) is 16.4. The van der Waals surface area contributed by atoms with E-state index in [0.717, 1.165) is 16.7 Å². The largest absolute Gasteiger partial charge is 0.527 e. The second-order valence-corrected chi connectivity index (χ2v) is 13.8. The quantitative estimate of drug-likeness (QED) is 0.0893. The average molecular weight is 760 g/mol. The van der Waals surface area contributed by atoms with Crippen molar-refractivity contribution in [1.29, 1.82) is 0 Å². The summed E-state index contributed by atoms with van der Waals surface area (Å²) in [4.78, 5) is 34.5. The maximum Gasteiger partial charge on any atom is 0.527 e. The van der Waals surface area contributed by atoms with Gasteiger partial charge in [0.15, 0.2) is 11.2 Å². The number of hydrogen-bond acceptors (Lipinski definition) is 11. The molecule has 0 amide bonds. The van der Waals surface area contributed by atoms with Crippen LogP contribution in [-0.2, 0) is 24.2 Å². The summed E-state index contributed by atoms with van der Waals surface area (Å²) in [5, 5.41) is 0.121. The number of ether oxygens (including phenoxy) is 4. The molecule has 4 aromatic carbocycles. The molecule has 0 aliphatic carbocycles. The molecule has 6 aromatic rings. The molecule has 4 atom stereocenters. The molecule has 0 bridgehead atoms. The first-order valence-corrected chi connectivity index (χ1v) is 18.3. The van der Waals surface area contributed by atoms with Gasteiger partial charge in [0.1, 0.15) is 41.3 Å². The summed E-state index contributed by atoms with van der Waals surface area (Å²) >= 11 is 6.23. The van der Waals surface area contributed by atoms with E-state index in [1.807, 2.05) is 78.9 Å². The van der Waals surface area contributed by atoms with Gasteiger partial charge >= 0.3 is 7.82 Å². The van der Waals surface area contributed by atoms with Crippen LogP contribution in [0.15, 0.2) is 114 Å². The summed E-state index contributed by atoms with van der Waals surface area (Å²) in [5.74, 6) is 1.15. The number of H-pyrrole nitrogens is 1. The van der Waals surface area contributed by atoms with Crippen LogP contribution in [0.25, 0.3) is 11.2 Å². The lowest BCUT2D eigenvalue weighted by Gasteiger charge is -2.37. The van der Waals surface area contributed by atoms with E-state index >= 15 is 0 Å². The molecule has 1 unspecified atom stereocenters. The minimum absolute atomic E-state index is 0.00765. The Kier molecular flexibility index (Phi) is 10.3. The summed E-state index contributed by atoms with van der Waals surface area (Å²) in [7, 11) is -1.64. The smallest absolute Gasteiger partial charge is 0.497 e. The number of aromatic nitrogens is 4. The van der Waals surface area contributed by atoms with Crippen LogP contribution in [0.1, 0.15) is 29.3 Å². The zero-order valence-corrected chi connectivity index (χ0v) is 30.1. The van der Waals surface area contributed by atoms with Gasteiger partial charge < -0.3 is 29.2 Å². The Hall–Kier alpha value is -5.21. The van der Waals surface area contributed by atoms with Gasteiger partial charge in [-0.15, -0.1) is 0 Å². The molecule has 2 aromatic heterocycles. The van der Waals surface area contributed by atoms with E-state index in [1.54, 1.807) is 26.4 Å². The van der Waals surface area contributed by atoms with Gasteiger partial charge in [-0.1, -0.05) is 78.3 Å². The topological polar surface area (TPSA) is 182 Å². The number of anilines is 1. The molecule has 1 fully saturated rings. The van der Waals surface area contributed by atoms with Crippen molar-refractivity contribution in [3.8, 4) is 17.2 Å². The Bertz CT molecular complexity index is 2260. The fourth-order valence-corrected chi connectivity index (χ4v) is 7.65. The highest BCUT2D eigenvalue weighted by atomic mass is 35.5. The van der Waals surface area contributed by atoms with E-state index in [2.05, 4.69) is 15.0 Å². The van der Waals surface area contributed by atoms with Crippen molar-refractivity contribution in [2.24, 2.45) is 0 Å². The summed E-state index contributed by atoms with van der Waals surface area (Å²) < 4.78 is 50.8. The zero-order chi connectivity index (χ0) is 37.2. The second kappa shape index (κ2) is 15.0.